The number of anilines is 1. The Balaban J connectivity index is 1.69. The van der Waals surface area contributed by atoms with E-state index < -0.39 is 9.84 Å². The van der Waals surface area contributed by atoms with Crippen LogP contribution < -0.4 is 4.90 Å². The molecule has 0 aliphatic carbocycles. The van der Waals surface area contributed by atoms with E-state index in [4.69, 9.17) is 0 Å². The minimum Gasteiger partial charge on any atom is -0.355 e. The van der Waals surface area contributed by atoms with Gasteiger partial charge in [-0.1, -0.05) is 0 Å². The Kier molecular flexibility index (Phi) is 2.76. The molecule has 4 heterocycles. The van der Waals surface area contributed by atoms with Crippen LogP contribution in [0.3, 0.4) is 0 Å². The summed E-state index contributed by atoms with van der Waals surface area (Å²) >= 11 is 0. The van der Waals surface area contributed by atoms with E-state index in [-0.39, 0.29) is 5.41 Å². The number of rotatable bonds is 1. The van der Waals surface area contributed by atoms with Crippen LogP contribution in [0.1, 0.15) is 19.3 Å². The molecular formula is C14H18N4O2S. The summed E-state index contributed by atoms with van der Waals surface area (Å²) in [6.45, 7) is 1.71. The highest BCUT2D eigenvalue weighted by molar-refractivity contribution is 7.91. The standard InChI is InChI=1S/C14H18N4O2S/c19-21(20)7-4-14(9-21)3-1-6-18(8-14)13-11-2-5-15-12(11)16-10-17-13/h2,5,10H,1,3-4,6-9H2,(H,15,16,17). The summed E-state index contributed by atoms with van der Waals surface area (Å²) in [5.74, 6) is 1.59. The third-order valence-corrected chi connectivity index (χ3v) is 6.64. The Bertz CT molecular complexity index is 785. The molecule has 0 saturated carbocycles. The number of sulfone groups is 1. The van der Waals surface area contributed by atoms with Gasteiger partial charge in [0.25, 0.3) is 0 Å². The van der Waals surface area contributed by atoms with Crippen LogP contribution in [-0.2, 0) is 9.84 Å². The molecule has 1 N–H and O–H groups in total. The van der Waals surface area contributed by atoms with Crippen molar-refractivity contribution in [3.05, 3.63) is 18.6 Å². The maximum atomic E-state index is 11.9. The van der Waals surface area contributed by atoms with Crippen molar-refractivity contribution in [3.8, 4) is 0 Å². The Hall–Kier alpha value is -1.63. The summed E-state index contributed by atoms with van der Waals surface area (Å²) in [5, 5.41) is 1.01. The van der Waals surface area contributed by atoms with Gasteiger partial charge in [-0.2, -0.15) is 0 Å². The molecule has 0 bridgehead atoms. The monoisotopic (exact) mass is 306 g/mol. The highest BCUT2D eigenvalue weighted by Crippen LogP contribution is 2.41. The summed E-state index contributed by atoms with van der Waals surface area (Å²) in [4.78, 5) is 14.0. The number of hydrogen-bond donors (Lipinski definition) is 1. The van der Waals surface area contributed by atoms with Crippen LogP contribution in [0, 0.1) is 5.41 Å². The lowest BCUT2D eigenvalue weighted by Crippen LogP contribution is -2.44. The first-order valence-corrected chi connectivity index (χ1v) is 9.13. The van der Waals surface area contributed by atoms with Crippen molar-refractivity contribution in [3.63, 3.8) is 0 Å². The third-order valence-electron chi connectivity index (χ3n) is 4.76. The van der Waals surface area contributed by atoms with E-state index in [0.717, 1.165) is 49.2 Å². The smallest absolute Gasteiger partial charge is 0.150 e. The highest BCUT2D eigenvalue weighted by atomic mass is 32.2. The second-order valence-corrected chi connectivity index (χ2v) is 8.49. The summed E-state index contributed by atoms with van der Waals surface area (Å²) in [6.07, 6.45) is 6.24. The van der Waals surface area contributed by atoms with Crippen molar-refractivity contribution in [2.45, 2.75) is 19.3 Å². The molecule has 2 aromatic rings. The molecule has 21 heavy (non-hydrogen) atoms. The predicted octanol–water partition coefficient (Wildman–Crippen LogP) is 1.36. The number of piperidine rings is 1. The summed E-state index contributed by atoms with van der Waals surface area (Å²) in [6, 6.07) is 1.98. The maximum absolute atomic E-state index is 11.9. The van der Waals surface area contributed by atoms with Crippen LogP contribution in [-0.4, -0.2) is 48.0 Å². The molecule has 1 atom stereocenters. The number of aromatic amines is 1. The fourth-order valence-corrected chi connectivity index (χ4v) is 6.01. The molecule has 2 aromatic heterocycles. The van der Waals surface area contributed by atoms with Gasteiger partial charge in [0.2, 0.25) is 0 Å². The van der Waals surface area contributed by atoms with Gasteiger partial charge in [0.1, 0.15) is 17.8 Å². The average Bonchev–Trinajstić information content (AvgIpc) is 3.03. The number of nitrogens with zero attached hydrogens (tertiary/aromatic N) is 3. The zero-order chi connectivity index (χ0) is 14.5. The molecule has 1 spiro atoms. The van der Waals surface area contributed by atoms with Crippen molar-refractivity contribution in [2.24, 2.45) is 5.41 Å². The molecule has 2 fully saturated rings. The van der Waals surface area contributed by atoms with Crippen LogP contribution in [0.5, 0.6) is 0 Å². The highest BCUT2D eigenvalue weighted by Gasteiger charge is 2.45. The quantitative estimate of drug-likeness (QED) is 0.860. The van der Waals surface area contributed by atoms with Crippen LogP contribution in [0.15, 0.2) is 18.6 Å². The second kappa shape index (κ2) is 4.43. The lowest BCUT2D eigenvalue weighted by atomic mass is 9.79. The lowest BCUT2D eigenvalue weighted by Gasteiger charge is -2.40. The molecule has 0 radical (unpaired) electrons. The van der Waals surface area contributed by atoms with E-state index >= 15 is 0 Å². The summed E-state index contributed by atoms with van der Waals surface area (Å²) in [5.41, 5.74) is 0.753. The minimum absolute atomic E-state index is 0.0787. The van der Waals surface area contributed by atoms with Crippen molar-refractivity contribution >= 4 is 26.7 Å². The number of H-pyrrole nitrogens is 1. The van der Waals surface area contributed by atoms with Gasteiger partial charge in [0.15, 0.2) is 9.84 Å². The molecule has 0 amide bonds. The van der Waals surface area contributed by atoms with Gasteiger partial charge in [0, 0.05) is 24.7 Å². The van der Waals surface area contributed by atoms with Crippen LogP contribution in [0.2, 0.25) is 0 Å². The molecular weight excluding hydrogens is 288 g/mol. The molecule has 2 saturated heterocycles. The number of aromatic nitrogens is 3. The van der Waals surface area contributed by atoms with Gasteiger partial charge in [-0.05, 0) is 25.3 Å². The largest absolute Gasteiger partial charge is 0.355 e. The van der Waals surface area contributed by atoms with E-state index in [1.807, 2.05) is 12.3 Å². The van der Waals surface area contributed by atoms with E-state index in [2.05, 4.69) is 19.9 Å². The molecule has 7 heteroatoms. The van der Waals surface area contributed by atoms with Crippen LogP contribution in [0.25, 0.3) is 11.0 Å². The van der Waals surface area contributed by atoms with Crippen LogP contribution >= 0.6 is 0 Å². The molecule has 6 nitrogen and oxygen atoms in total. The summed E-state index contributed by atoms with van der Waals surface area (Å²) in [7, 11) is -2.86. The van der Waals surface area contributed by atoms with Gasteiger partial charge in [-0.3, -0.25) is 0 Å². The van der Waals surface area contributed by atoms with Gasteiger partial charge in [-0.15, -0.1) is 0 Å². The normalized spacial score (nSPS) is 28.5. The third kappa shape index (κ3) is 2.19. The lowest BCUT2D eigenvalue weighted by molar-refractivity contribution is 0.269. The number of fused-ring (bicyclic) bond motifs is 1. The molecule has 0 aromatic carbocycles. The Morgan fingerprint density at radius 2 is 2.19 bits per heavy atom. The topological polar surface area (TPSA) is 79.0 Å². The molecule has 2 aliphatic heterocycles. The van der Waals surface area contributed by atoms with E-state index in [9.17, 15) is 8.42 Å². The average molecular weight is 306 g/mol. The van der Waals surface area contributed by atoms with Crippen molar-refractivity contribution in [1.29, 1.82) is 0 Å². The fourth-order valence-electron chi connectivity index (χ4n) is 3.80. The van der Waals surface area contributed by atoms with E-state index in [0.29, 0.717) is 11.5 Å². The Labute approximate surface area is 123 Å². The van der Waals surface area contributed by atoms with E-state index in [1.54, 1.807) is 6.33 Å². The van der Waals surface area contributed by atoms with Crippen molar-refractivity contribution in [2.75, 3.05) is 29.5 Å². The van der Waals surface area contributed by atoms with Gasteiger partial charge in [0.05, 0.1) is 16.9 Å². The second-order valence-electron chi connectivity index (χ2n) is 6.30. The van der Waals surface area contributed by atoms with Crippen molar-refractivity contribution < 1.29 is 8.42 Å². The predicted molar refractivity (Wildman–Crippen MR) is 81.0 cm³/mol. The minimum atomic E-state index is -2.86. The van der Waals surface area contributed by atoms with Gasteiger partial charge >= 0.3 is 0 Å². The zero-order valence-electron chi connectivity index (χ0n) is 11.7. The first-order chi connectivity index (χ1) is 10.1. The number of nitrogens with one attached hydrogen (secondary N) is 1. The SMILES string of the molecule is O=S1(=O)CCC2(CCCN(c3ncnc4[nH]ccc34)C2)C1. The Morgan fingerprint density at radius 1 is 1.29 bits per heavy atom. The first-order valence-electron chi connectivity index (χ1n) is 7.31. The molecule has 2 aliphatic rings. The van der Waals surface area contributed by atoms with Crippen molar-refractivity contribution in [1.82, 2.24) is 15.0 Å². The van der Waals surface area contributed by atoms with Gasteiger partial charge < -0.3 is 9.88 Å². The van der Waals surface area contributed by atoms with Gasteiger partial charge in [-0.25, -0.2) is 18.4 Å². The Morgan fingerprint density at radius 3 is 3.00 bits per heavy atom. The molecule has 1 unspecified atom stereocenters. The van der Waals surface area contributed by atoms with E-state index in [1.165, 1.54) is 0 Å². The zero-order valence-corrected chi connectivity index (χ0v) is 12.6. The molecule has 4 rings (SSSR count). The summed E-state index contributed by atoms with van der Waals surface area (Å²) < 4.78 is 23.7. The fraction of sp³-hybridized carbons (Fsp3) is 0.571. The van der Waals surface area contributed by atoms with Crippen LogP contribution in [0.4, 0.5) is 5.82 Å². The number of hydrogen-bond acceptors (Lipinski definition) is 5. The first kappa shape index (κ1) is 13.1. The maximum Gasteiger partial charge on any atom is 0.150 e. The molecule has 112 valence electrons.